The lowest BCUT2D eigenvalue weighted by atomic mass is 10.2. The minimum absolute atomic E-state index is 0.0145. The first-order valence-corrected chi connectivity index (χ1v) is 6.72. The standard InChI is InChI=1S/C14H12BrClN2O/c1-8-2-4-13(11(16)6-8)19-12-5-3-9(14(17)18)7-10(12)15/h2-7H,1H3,(H3,17,18). The van der Waals surface area contributed by atoms with E-state index in [-0.39, 0.29) is 5.84 Å². The van der Waals surface area contributed by atoms with E-state index in [1.165, 1.54) is 0 Å². The molecule has 0 atom stereocenters. The molecule has 2 aromatic carbocycles. The Balaban J connectivity index is 2.31. The third-order valence-corrected chi connectivity index (χ3v) is 3.47. The Hall–Kier alpha value is -1.52. The second-order valence-electron chi connectivity index (χ2n) is 4.09. The normalized spacial score (nSPS) is 10.3. The molecule has 98 valence electrons. The Morgan fingerprint density at radius 1 is 1.21 bits per heavy atom. The number of ether oxygens (including phenoxy) is 1. The number of nitrogens with two attached hydrogens (primary N) is 1. The van der Waals surface area contributed by atoms with Gasteiger partial charge in [0, 0.05) is 5.56 Å². The number of halogens is 2. The van der Waals surface area contributed by atoms with Crippen molar-refractivity contribution in [2.45, 2.75) is 6.92 Å². The molecule has 2 rings (SSSR count). The van der Waals surface area contributed by atoms with Gasteiger partial charge in [0.2, 0.25) is 0 Å². The highest BCUT2D eigenvalue weighted by Crippen LogP contribution is 2.34. The predicted octanol–water partition coefficient (Wildman–Crippen LogP) is 4.49. The maximum Gasteiger partial charge on any atom is 0.146 e. The van der Waals surface area contributed by atoms with E-state index < -0.39 is 0 Å². The van der Waals surface area contributed by atoms with Crippen molar-refractivity contribution in [1.82, 2.24) is 0 Å². The number of amidine groups is 1. The molecule has 3 nitrogen and oxygen atoms in total. The summed E-state index contributed by atoms with van der Waals surface area (Å²) in [5, 5.41) is 7.93. The number of benzene rings is 2. The Morgan fingerprint density at radius 3 is 2.47 bits per heavy atom. The van der Waals surface area contributed by atoms with Gasteiger partial charge in [-0.25, -0.2) is 0 Å². The maximum absolute atomic E-state index is 7.38. The molecule has 0 amide bonds. The zero-order valence-electron chi connectivity index (χ0n) is 10.2. The summed E-state index contributed by atoms with van der Waals surface area (Å²) in [6.07, 6.45) is 0. The Kier molecular flexibility index (Phi) is 4.12. The van der Waals surface area contributed by atoms with E-state index in [1.54, 1.807) is 18.2 Å². The number of rotatable bonds is 3. The average Bonchev–Trinajstić information content (AvgIpc) is 2.34. The summed E-state index contributed by atoms with van der Waals surface area (Å²) < 4.78 is 6.46. The fourth-order valence-electron chi connectivity index (χ4n) is 1.56. The third kappa shape index (κ3) is 3.28. The Bertz CT molecular complexity index is 643. The monoisotopic (exact) mass is 338 g/mol. The van der Waals surface area contributed by atoms with Crippen LogP contribution < -0.4 is 10.5 Å². The van der Waals surface area contributed by atoms with E-state index in [0.29, 0.717) is 22.1 Å². The lowest BCUT2D eigenvalue weighted by Gasteiger charge is -2.10. The molecule has 0 saturated carbocycles. The van der Waals surface area contributed by atoms with Crippen LogP contribution in [-0.4, -0.2) is 5.84 Å². The molecule has 0 fully saturated rings. The van der Waals surface area contributed by atoms with Crippen LogP contribution in [0, 0.1) is 12.3 Å². The molecule has 0 bridgehead atoms. The van der Waals surface area contributed by atoms with Crippen LogP contribution in [0.25, 0.3) is 0 Å². The first-order valence-electron chi connectivity index (χ1n) is 5.55. The Morgan fingerprint density at radius 2 is 1.89 bits per heavy atom. The van der Waals surface area contributed by atoms with Gasteiger partial charge in [-0.3, -0.25) is 5.41 Å². The van der Waals surface area contributed by atoms with Crippen LogP contribution >= 0.6 is 27.5 Å². The fraction of sp³-hybridized carbons (Fsp3) is 0.0714. The highest BCUT2D eigenvalue weighted by Gasteiger charge is 2.08. The highest BCUT2D eigenvalue weighted by molar-refractivity contribution is 9.10. The molecular weight excluding hydrogens is 328 g/mol. The van der Waals surface area contributed by atoms with Gasteiger partial charge in [0.25, 0.3) is 0 Å². The first kappa shape index (κ1) is 13.9. The summed E-state index contributed by atoms with van der Waals surface area (Å²) in [5.74, 6) is 1.22. The van der Waals surface area contributed by atoms with E-state index in [1.807, 2.05) is 25.1 Å². The van der Waals surface area contributed by atoms with Crippen LogP contribution in [0.1, 0.15) is 11.1 Å². The second-order valence-corrected chi connectivity index (χ2v) is 5.36. The average molecular weight is 340 g/mol. The van der Waals surface area contributed by atoms with Crippen molar-refractivity contribution in [3.8, 4) is 11.5 Å². The minimum atomic E-state index is 0.0145. The lowest BCUT2D eigenvalue weighted by Crippen LogP contribution is -2.10. The summed E-state index contributed by atoms with van der Waals surface area (Å²) in [5.41, 5.74) is 7.13. The summed E-state index contributed by atoms with van der Waals surface area (Å²) in [7, 11) is 0. The molecule has 0 aromatic heterocycles. The van der Waals surface area contributed by atoms with Crippen LogP contribution in [0.2, 0.25) is 5.02 Å². The van der Waals surface area contributed by atoms with E-state index in [4.69, 9.17) is 27.5 Å². The molecular formula is C14H12BrClN2O. The van der Waals surface area contributed by atoms with Gasteiger partial charge in [0.15, 0.2) is 0 Å². The molecule has 2 aromatic rings. The zero-order valence-corrected chi connectivity index (χ0v) is 12.5. The summed E-state index contributed by atoms with van der Waals surface area (Å²) in [6.45, 7) is 1.97. The van der Waals surface area contributed by atoms with Crippen LogP contribution in [0.3, 0.4) is 0 Å². The van der Waals surface area contributed by atoms with Crippen molar-refractivity contribution in [3.05, 3.63) is 57.0 Å². The largest absolute Gasteiger partial charge is 0.455 e. The van der Waals surface area contributed by atoms with Crippen molar-refractivity contribution >= 4 is 33.4 Å². The predicted molar refractivity (Wildman–Crippen MR) is 81.4 cm³/mol. The minimum Gasteiger partial charge on any atom is -0.455 e. The summed E-state index contributed by atoms with van der Waals surface area (Å²) in [6, 6.07) is 10.8. The van der Waals surface area contributed by atoms with Crippen molar-refractivity contribution in [2.24, 2.45) is 5.73 Å². The number of aryl methyl sites for hydroxylation is 1. The van der Waals surface area contributed by atoms with Crippen LogP contribution in [0.4, 0.5) is 0 Å². The molecule has 3 N–H and O–H groups in total. The van der Waals surface area contributed by atoms with E-state index in [0.717, 1.165) is 10.0 Å². The molecule has 0 unspecified atom stereocenters. The zero-order chi connectivity index (χ0) is 14.0. The molecule has 19 heavy (non-hydrogen) atoms. The number of nitrogens with one attached hydrogen (secondary N) is 1. The van der Waals surface area contributed by atoms with Gasteiger partial charge in [-0.1, -0.05) is 17.7 Å². The van der Waals surface area contributed by atoms with Crippen molar-refractivity contribution < 1.29 is 4.74 Å². The topological polar surface area (TPSA) is 59.1 Å². The first-order chi connectivity index (χ1) is 8.97. The smallest absolute Gasteiger partial charge is 0.146 e. The molecule has 0 radical (unpaired) electrons. The summed E-state index contributed by atoms with van der Waals surface area (Å²) >= 11 is 9.51. The van der Waals surface area contributed by atoms with E-state index >= 15 is 0 Å². The van der Waals surface area contributed by atoms with Gasteiger partial charge in [-0.2, -0.15) is 0 Å². The van der Waals surface area contributed by atoms with Crippen molar-refractivity contribution in [1.29, 1.82) is 5.41 Å². The molecule has 0 heterocycles. The molecule has 5 heteroatoms. The van der Waals surface area contributed by atoms with E-state index in [2.05, 4.69) is 15.9 Å². The fourth-order valence-corrected chi connectivity index (χ4v) is 2.29. The van der Waals surface area contributed by atoms with Gasteiger partial charge in [-0.05, 0) is 58.7 Å². The van der Waals surface area contributed by atoms with E-state index in [9.17, 15) is 0 Å². The SMILES string of the molecule is Cc1ccc(Oc2ccc(C(=N)N)cc2Br)c(Cl)c1. The molecule has 0 aliphatic rings. The maximum atomic E-state index is 7.38. The van der Waals surface area contributed by atoms with Crippen molar-refractivity contribution in [3.63, 3.8) is 0 Å². The van der Waals surface area contributed by atoms with Gasteiger partial charge >= 0.3 is 0 Å². The Labute approximate surface area is 125 Å². The molecule has 0 aliphatic carbocycles. The summed E-state index contributed by atoms with van der Waals surface area (Å²) in [4.78, 5) is 0. The number of hydrogen-bond donors (Lipinski definition) is 2. The van der Waals surface area contributed by atoms with Crippen LogP contribution in [0.15, 0.2) is 40.9 Å². The highest BCUT2D eigenvalue weighted by atomic mass is 79.9. The van der Waals surface area contributed by atoms with Gasteiger partial charge in [0.1, 0.15) is 17.3 Å². The van der Waals surface area contributed by atoms with Crippen molar-refractivity contribution in [2.75, 3.05) is 0 Å². The number of nitrogen functional groups attached to an aromatic ring is 1. The van der Waals surface area contributed by atoms with Crippen LogP contribution in [0.5, 0.6) is 11.5 Å². The molecule has 0 saturated heterocycles. The third-order valence-electron chi connectivity index (χ3n) is 2.55. The lowest BCUT2D eigenvalue weighted by molar-refractivity contribution is 0.479. The second kappa shape index (κ2) is 5.63. The number of hydrogen-bond acceptors (Lipinski definition) is 2. The molecule has 0 spiro atoms. The molecule has 0 aliphatic heterocycles. The van der Waals surface area contributed by atoms with Gasteiger partial charge in [-0.15, -0.1) is 0 Å². The quantitative estimate of drug-likeness (QED) is 0.639. The van der Waals surface area contributed by atoms with Gasteiger partial charge in [0.05, 0.1) is 9.50 Å². The van der Waals surface area contributed by atoms with Gasteiger partial charge < -0.3 is 10.5 Å². The van der Waals surface area contributed by atoms with Crippen LogP contribution in [-0.2, 0) is 0 Å².